The number of ether oxygens (including phenoxy) is 4. The molecule has 7 heteroatoms. The highest BCUT2D eigenvalue weighted by molar-refractivity contribution is 6.04. The lowest BCUT2D eigenvalue weighted by molar-refractivity contribution is 0.132. The molecule has 2 aromatic carbocycles. The molecule has 0 saturated carbocycles. The number of hydrogen-bond donors (Lipinski definition) is 2. The molecule has 3 N–H and O–H groups in total. The lowest BCUT2D eigenvalue weighted by atomic mass is 10.1. The van der Waals surface area contributed by atoms with E-state index in [0.29, 0.717) is 55.0 Å². The summed E-state index contributed by atoms with van der Waals surface area (Å²) < 4.78 is 21.7. The Morgan fingerprint density at radius 1 is 1.03 bits per heavy atom. The van der Waals surface area contributed by atoms with Crippen LogP contribution >= 0.6 is 0 Å². The Labute approximate surface area is 171 Å². The molecule has 0 amide bonds. The predicted molar refractivity (Wildman–Crippen MR) is 115 cm³/mol. The third-order valence-corrected chi connectivity index (χ3v) is 3.98. The molecule has 0 fully saturated rings. The largest absolute Gasteiger partial charge is 0.487 e. The van der Waals surface area contributed by atoms with E-state index in [0.717, 1.165) is 11.3 Å². The Kier molecular flexibility index (Phi) is 8.83. The van der Waals surface area contributed by atoms with Crippen molar-refractivity contribution in [2.75, 3.05) is 53.0 Å². The highest BCUT2D eigenvalue weighted by Crippen LogP contribution is 2.34. The van der Waals surface area contributed by atoms with Crippen LogP contribution in [0.1, 0.15) is 11.1 Å². The molecule has 2 aromatic rings. The lowest BCUT2D eigenvalue weighted by Crippen LogP contribution is -2.16. The van der Waals surface area contributed by atoms with Crippen molar-refractivity contribution in [3.63, 3.8) is 0 Å². The van der Waals surface area contributed by atoms with Crippen molar-refractivity contribution in [3.05, 3.63) is 47.5 Å². The molecule has 0 radical (unpaired) electrons. The number of terminal acetylenes is 1. The van der Waals surface area contributed by atoms with Crippen molar-refractivity contribution in [3.8, 4) is 23.8 Å². The van der Waals surface area contributed by atoms with Crippen LogP contribution in [0.4, 0.5) is 11.4 Å². The molecule has 7 nitrogen and oxygen atoms in total. The van der Waals surface area contributed by atoms with Gasteiger partial charge in [-0.15, -0.1) is 6.42 Å². The number of rotatable bonds is 11. The van der Waals surface area contributed by atoms with E-state index < -0.39 is 0 Å². The molecule has 0 aliphatic rings. The standard InChI is InChI=1S/C22H27N3O4/c1-5-16-7-6-8-17(13-16)25-22(23)18-14-20(28-11-9-26-3)21(15-19(18)24-2)29-12-10-27-4/h1,6-8,13-15,24H,9-12H2,2-4H3,(H2,23,25). The van der Waals surface area contributed by atoms with E-state index in [1.807, 2.05) is 24.3 Å². The first kappa shape index (κ1) is 22.1. The minimum absolute atomic E-state index is 0.323. The van der Waals surface area contributed by atoms with Gasteiger partial charge in [-0.3, -0.25) is 0 Å². The summed E-state index contributed by atoms with van der Waals surface area (Å²) in [7, 11) is 5.03. The molecule has 0 aliphatic heterocycles. The monoisotopic (exact) mass is 397 g/mol. The Morgan fingerprint density at radius 3 is 2.28 bits per heavy atom. The summed E-state index contributed by atoms with van der Waals surface area (Å²) in [5, 5.41) is 3.13. The van der Waals surface area contributed by atoms with E-state index in [1.165, 1.54) is 0 Å². The number of aliphatic imine (C=N–C) groups is 1. The first-order valence-corrected chi connectivity index (χ1v) is 9.13. The molecular weight excluding hydrogens is 370 g/mol. The zero-order chi connectivity index (χ0) is 21.1. The Morgan fingerprint density at radius 2 is 1.69 bits per heavy atom. The van der Waals surface area contributed by atoms with Crippen LogP contribution in [-0.2, 0) is 9.47 Å². The van der Waals surface area contributed by atoms with Gasteiger partial charge in [0.25, 0.3) is 0 Å². The van der Waals surface area contributed by atoms with Gasteiger partial charge in [0, 0.05) is 44.1 Å². The molecule has 29 heavy (non-hydrogen) atoms. The average molecular weight is 397 g/mol. The van der Waals surface area contributed by atoms with Gasteiger partial charge in [0.1, 0.15) is 19.0 Å². The molecule has 0 aromatic heterocycles. The second-order valence-electron chi connectivity index (χ2n) is 5.97. The van der Waals surface area contributed by atoms with Gasteiger partial charge in [-0.25, -0.2) is 4.99 Å². The van der Waals surface area contributed by atoms with E-state index in [2.05, 4.69) is 16.2 Å². The van der Waals surface area contributed by atoms with Crippen LogP contribution in [-0.4, -0.2) is 53.5 Å². The van der Waals surface area contributed by atoms with Crippen LogP contribution in [0.25, 0.3) is 0 Å². The maximum atomic E-state index is 6.31. The molecule has 0 aliphatic carbocycles. The fourth-order valence-corrected chi connectivity index (χ4v) is 2.54. The number of anilines is 1. The summed E-state index contributed by atoms with van der Waals surface area (Å²) in [6, 6.07) is 10.9. The number of nitrogens with two attached hydrogens (primary N) is 1. The topological polar surface area (TPSA) is 87.3 Å². The van der Waals surface area contributed by atoms with Crippen LogP contribution in [0, 0.1) is 12.3 Å². The van der Waals surface area contributed by atoms with Gasteiger partial charge in [0.2, 0.25) is 0 Å². The lowest BCUT2D eigenvalue weighted by Gasteiger charge is -2.17. The number of nitrogens with zero attached hydrogens (tertiary/aromatic N) is 1. The predicted octanol–water partition coefficient (Wildman–Crippen LogP) is 2.80. The summed E-state index contributed by atoms with van der Waals surface area (Å²) in [5.41, 5.74) is 9.15. The van der Waals surface area contributed by atoms with Crippen LogP contribution < -0.4 is 20.5 Å². The Bertz CT molecular complexity index is 875. The van der Waals surface area contributed by atoms with Gasteiger partial charge < -0.3 is 30.0 Å². The zero-order valence-electron chi connectivity index (χ0n) is 17.0. The molecule has 0 bridgehead atoms. The number of methoxy groups -OCH3 is 2. The summed E-state index contributed by atoms with van der Waals surface area (Å²) in [6.45, 7) is 1.67. The first-order chi connectivity index (χ1) is 14.1. The maximum Gasteiger partial charge on any atom is 0.163 e. The van der Waals surface area contributed by atoms with Crippen LogP contribution in [0.5, 0.6) is 11.5 Å². The van der Waals surface area contributed by atoms with Crippen LogP contribution in [0.2, 0.25) is 0 Å². The smallest absolute Gasteiger partial charge is 0.163 e. The average Bonchev–Trinajstić information content (AvgIpc) is 2.74. The molecule has 2 rings (SSSR count). The second-order valence-corrected chi connectivity index (χ2v) is 5.97. The first-order valence-electron chi connectivity index (χ1n) is 9.13. The highest BCUT2D eigenvalue weighted by atomic mass is 16.5. The van der Waals surface area contributed by atoms with E-state index in [4.69, 9.17) is 31.1 Å². The molecule has 0 atom stereocenters. The summed E-state index contributed by atoms with van der Waals surface area (Å²) in [4.78, 5) is 4.51. The van der Waals surface area contributed by atoms with Crippen LogP contribution in [0.3, 0.4) is 0 Å². The van der Waals surface area contributed by atoms with E-state index in [1.54, 1.807) is 33.4 Å². The van der Waals surface area contributed by atoms with Gasteiger partial charge >= 0.3 is 0 Å². The van der Waals surface area contributed by atoms with Crippen LogP contribution in [0.15, 0.2) is 41.4 Å². The minimum Gasteiger partial charge on any atom is -0.487 e. The van der Waals surface area contributed by atoms with E-state index in [-0.39, 0.29) is 0 Å². The van der Waals surface area contributed by atoms with E-state index in [9.17, 15) is 0 Å². The van der Waals surface area contributed by atoms with E-state index >= 15 is 0 Å². The molecule has 154 valence electrons. The highest BCUT2D eigenvalue weighted by Gasteiger charge is 2.15. The summed E-state index contributed by atoms with van der Waals surface area (Å²) in [5.74, 6) is 4.04. The maximum absolute atomic E-state index is 6.31. The fraction of sp³-hybridized carbons (Fsp3) is 0.318. The van der Waals surface area contributed by atoms with Gasteiger partial charge in [-0.2, -0.15) is 0 Å². The van der Waals surface area contributed by atoms with Gasteiger partial charge in [-0.05, 0) is 24.3 Å². The SMILES string of the molecule is C#Cc1cccc(N=C(N)c2cc(OCCOC)c(OCCOC)cc2NC)c1. The van der Waals surface area contributed by atoms with Crippen molar-refractivity contribution < 1.29 is 18.9 Å². The van der Waals surface area contributed by atoms with Gasteiger partial charge in [0.15, 0.2) is 11.5 Å². The molecular formula is C22H27N3O4. The third-order valence-electron chi connectivity index (χ3n) is 3.98. The van der Waals surface area contributed by atoms with Gasteiger partial charge in [-0.1, -0.05) is 12.0 Å². The van der Waals surface area contributed by atoms with Crippen molar-refractivity contribution in [2.45, 2.75) is 0 Å². The Balaban J connectivity index is 2.41. The van der Waals surface area contributed by atoms with Crippen molar-refractivity contribution in [1.82, 2.24) is 0 Å². The summed E-state index contributed by atoms with van der Waals surface area (Å²) >= 11 is 0. The molecule has 0 spiro atoms. The minimum atomic E-state index is 0.323. The van der Waals surface area contributed by atoms with Crippen molar-refractivity contribution >= 4 is 17.2 Å². The number of benzene rings is 2. The summed E-state index contributed by atoms with van der Waals surface area (Å²) in [6.07, 6.45) is 5.46. The Hall–Kier alpha value is -3.21. The number of nitrogens with one attached hydrogen (secondary N) is 1. The third kappa shape index (κ3) is 6.42. The molecule has 0 saturated heterocycles. The fourth-order valence-electron chi connectivity index (χ4n) is 2.54. The molecule has 0 unspecified atom stereocenters. The van der Waals surface area contributed by atoms with Crippen molar-refractivity contribution in [2.24, 2.45) is 10.7 Å². The zero-order valence-corrected chi connectivity index (χ0v) is 17.0. The number of hydrogen-bond acceptors (Lipinski definition) is 6. The normalized spacial score (nSPS) is 11.0. The molecule has 0 heterocycles. The van der Waals surface area contributed by atoms with Gasteiger partial charge in [0.05, 0.1) is 18.9 Å². The number of amidine groups is 1. The second kappa shape index (κ2) is 11.6. The van der Waals surface area contributed by atoms with Crippen molar-refractivity contribution in [1.29, 1.82) is 0 Å². The quantitative estimate of drug-likeness (QED) is 0.262.